The minimum Gasteiger partial charge on any atom is -0.508 e. The molecule has 4 heteroatoms. The highest BCUT2D eigenvalue weighted by molar-refractivity contribution is 5.81. The normalized spacial score (nSPS) is 13.1. The minimum atomic E-state index is -0.458. The summed E-state index contributed by atoms with van der Waals surface area (Å²) in [5.74, 6) is 0.268. The van der Waals surface area contributed by atoms with Gasteiger partial charge in [0.25, 0.3) is 0 Å². The number of nitrogens with one attached hydrogen (secondary N) is 2. The topological polar surface area (TPSA) is 61.4 Å². The summed E-state index contributed by atoms with van der Waals surface area (Å²) in [6, 6.07) is 7.22. The van der Waals surface area contributed by atoms with Gasteiger partial charge >= 0.3 is 0 Å². The Morgan fingerprint density at radius 1 is 1.44 bits per heavy atom. The molecule has 0 aromatic heterocycles. The van der Waals surface area contributed by atoms with E-state index < -0.39 is 5.41 Å². The lowest BCUT2D eigenvalue weighted by Crippen LogP contribution is -2.42. The van der Waals surface area contributed by atoms with Gasteiger partial charge in [0.15, 0.2) is 0 Å². The van der Waals surface area contributed by atoms with Crippen molar-refractivity contribution in [1.29, 1.82) is 0 Å². The number of carbonyl (C=O) groups is 1. The van der Waals surface area contributed by atoms with Crippen molar-refractivity contribution in [1.82, 2.24) is 10.6 Å². The fourth-order valence-corrected chi connectivity index (χ4v) is 1.74. The first-order valence-corrected chi connectivity index (χ1v) is 6.11. The molecule has 0 heterocycles. The molecule has 0 aliphatic carbocycles. The lowest BCUT2D eigenvalue weighted by atomic mass is 9.91. The van der Waals surface area contributed by atoms with Gasteiger partial charge in [-0.1, -0.05) is 12.1 Å². The quantitative estimate of drug-likeness (QED) is 0.747. The van der Waals surface area contributed by atoms with Gasteiger partial charge < -0.3 is 15.7 Å². The van der Waals surface area contributed by atoms with Crippen molar-refractivity contribution in [3.8, 4) is 5.75 Å². The van der Waals surface area contributed by atoms with E-state index in [1.807, 2.05) is 32.9 Å². The molecule has 0 bridgehead atoms. The highest BCUT2D eigenvalue weighted by Crippen LogP contribution is 2.20. The van der Waals surface area contributed by atoms with E-state index in [4.69, 9.17) is 0 Å². The first-order chi connectivity index (χ1) is 8.36. The van der Waals surface area contributed by atoms with Gasteiger partial charge in [0.2, 0.25) is 5.91 Å². The number of amides is 1. The molecule has 1 amide bonds. The monoisotopic (exact) mass is 250 g/mol. The molecule has 1 atom stereocenters. The van der Waals surface area contributed by atoms with E-state index >= 15 is 0 Å². The number of rotatable bonds is 5. The Bertz CT molecular complexity index is 416. The smallest absolute Gasteiger partial charge is 0.226 e. The molecule has 0 aliphatic heterocycles. The standard InChI is InChI=1S/C14H22N2O2/c1-10(11-6-5-7-12(17)8-11)16-9-14(2,3)13(18)15-4/h5-8,10,16-17H,9H2,1-4H3,(H,15,18). The maximum absolute atomic E-state index is 11.6. The van der Waals surface area contributed by atoms with Crippen molar-refractivity contribution >= 4 is 5.91 Å². The van der Waals surface area contributed by atoms with Crippen molar-refractivity contribution in [3.05, 3.63) is 29.8 Å². The van der Waals surface area contributed by atoms with Gasteiger partial charge in [-0.25, -0.2) is 0 Å². The summed E-state index contributed by atoms with van der Waals surface area (Å²) in [5.41, 5.74) is 0.544. The van der Waals surface area contributed by atoms with E-state index in [0.717, 1.165) is 5.56 Å². The van der Waals surface area contributed by atoms with Gasteiger partial charge in [0.1, 0.15) is 5.75 Å². The fraction of sp³-hybridized carbons (Fsp3) is 0.500. The zero-order chi connectivity index (χ0) is 13.8. The van der Waals surface area contributed by atoms with Crippen LogP contribution in [0.15, 0.2) is 24.3 Å². The molecule has 0 saturated heterocycles. The van der Waals surface area contributed by atoms with Gasteiger partial charge in [0.05, 0.1) is 5.41 Å². The summed E-state index contributed by atoms with van der Waals surface area (Å²) in [5, 5.41) is 15.4. The Morgan fingerprint density at radius 3 is 2.67 bits per heavy atom. The maximum atomic E-state index is 11.6. The van der Waals surface area contributed by atoms with Gasteiger partial charge in [-0.05, 0) is 38.5 Å². The van der Waals surface area contributed by atoms with Crippen molar-refractivity contribution in [2.24, 2.45) is 5.41 Å². The number of hydrogen-bond donors (Lipinski definition) is 3. The van der Waals surface area contributed by atoms with E-state index in [1.165, 1.54) is 0 Å². The zero-order valence-corrected chi connectivity index (χ0v) is 11.4. The molecular weight excluding hydrogens is 228 g/mol. The van der Waals surface area contributed by atoms with Crippen molar-refractivity contribution in [2.45, 2.75) is 26.8 Å². The number of benzene rings is 1. The molecular formula is C14H22N2O2. The van der Waals surface area contributed by atoms with Crippen molar-refractivity contribution < 1.29 is 9.90 Å². The fourth-order valence-electron chi connectivity index (χ4n) is 1.74. The summed E-state index contributed by atoms with van der Waals surface area (Å²) >= 11 is 0. The van der Waals surface area contributed by atoms with Crippen LogP contribution in [0.4, 0.5) is 0 Å². The van der Waals surface area contributed by atoms with Crippen LogP contribution in [0, 0.1) is 5.41 Å². The molecule has 3 N–H and O–H groups in total. The van der Waals surface area contributed by atoms with E-state index in [2.05, 4.69) is 10.6 Å². The van der Waals surface area contributed by atoms with Gasteiger partial charge in [-0.3, -0.25) is 4.79 Å². The second-order valence-corrected chi connectivity index (χ2v) is 5.16. The average molecular weight is 250 g/mol. The Labute approximate surface area is 108 Å². The van der Waals surface area contributed by atoms with Crippen LogP contribution >= 0.6 is 0 Å². The van der Waals surface area contributed by atoms with Crippen LogP contribution in [-0.4, -0.2) is 24.6 Å². The van der Waals surface area contributed by atoms with E-state index in [0.29, 0.717) is 6.54 Å². The number of phenolic OH excluding ortho intramolecular Hbond substituents is 1. The molecule has 1 aromatic rings. The van der Waals surface area contributed by atoms with Crippen LogP contribution in [0.25, 0.3) is 0 Å². The SMILES string of the molecule is CNC(=O)C(C)(C)CNC(C)c1cccc(O)c1. The molecule has 1 unspecified atom stereocenters. The Kier molecular flexibility index (Phi) is 4.73. The van der Waals surface area contributed by atoms with Crippen LogP contribution in [-0.2, 0) is 4.79 Å². The lowest BCUT2D eigenvalue weighted by Gasteiger charge is -2.25. The van der Waals surface area contributed by atoms with Gasteiger partial charge in [0, 0.05) is 19.6 Å². The minimum absolute atomic E-state index is 0.0121. The highest BCUT2D eigenvalue weighted by Gasteiger charge is 2.26. The number of aromatic hydroxyl groups is 1. The van der Waals surface area contributed by atoms with Gasteiger partial charge in [-0.15, -0.1) is 0 Å². The van der Waals surface area contributed by atoms with E-state index in [1.54, 1.807) is 19.2 Å². The average Bonchev–Trinajstić information content (AvgIpc) is 2.35. The first kappa shape index (κ1) is 14.5. The summed E-state index contributed by atoms with van der Waals surface area (Å²) in [4.78, 5) is 11.6. The Balaban J connectivity index is 2.61. The third-order valence-electron chi connectivity index (χ3n) is 3.06. The number of carbonyl (C=O) groups excluding carboxylic acids is 1. The van der Waals surface area contributed by atoms with Crippen LogP contribution in [0.5, 0.6) is 5.75 Å². The maximum Gasteiger partial charge on any atom is 0.226 e. The lowest BCUT2D eigenvalue weighted by molar-refractivity contribution is -0.128. The van der Waals surface area contributed by atoms with Crippen molar-refractivity contribution in [3.63, 3.8) is 0 Å². The third kappa shape index (κ3) is 3.74. The van der Waals surface area contributed by atoms with Crippen LogP contribution in [0.3, 0.4) is 0 Å². The highest BCUT2D eigenvalue weighted by atomic mass is 16.3. The predicted octanol–water partition coefficient (Wildman–Crippen LogP) is 1.81. The molecule has 0 radical (unpaired) electrons. The summed E-state index contributed by atoms with van der Waals surface area (Å²) in [7, 11) is 1.64. The van der Waals surface area contributed by atoms with E-state index in [9.17, 15) is 9.90 Å². The zero-order valence-electron chi connectivity index (χ0n) is 11.4. The van der Waals surface area contributed by atoms with E-state index in [-0.39, 0.29) is 17.7 Å². The second kappa shape index (κ2) is 5.87. The molecule has 1 rings (SSSR count). The molecule has 0 aliphatic rings. The summed E-state index contributed by atoms with van der Waals surface area (Å²) in [6.45, 7) is 6.38. The molecule has 0 fully saturated rings. The van der Waals surface area contributed by atoms with Crippen LogP contribution < -0.4 is 10.6 Å². The number of phenols is 1. The molecule has 100 valence electrons. The molecule has 0 saturated carbocycles. The largest absolute Gasteiger partial charge is 0.508 e. The van der Waals surface area contributed by atoms with Crippen LogP contribution in [0.2, 0.25) is 0 Å². The molecule has 0 spiro atoms. The third-order valence-corrected chi connectivity index (χ3v) is 3.06. The summed E-state index contributed by atoms with van der Waals surface area (Å²) in [6.07, 6.45) is 0. The van der Waals surface area contributed by atoms with Crippen molar-refractivity contribution in [2.75, 3.05) is 13.6 Å². The molecule has 18 heavy (non-hydrogen) atoms. The predicted molar refractivity (Wildman–Crippen MR) is 72.4 cm³/mol. The van der Waals surface area contributed by atoms with Crippen LogP contribution in [0.1, 0.15) is 32.4 Å². The number of hydrogen-bond acceptors (Lipinski definition) is 3. The molecule has 4 nitrogen and oxygen atoms in total. The molecule has 1 aromatic carbocycles. The Morgan fingerprint density at radius 2 is 2.11 bits per heavy atom. The van der Waals surface area contributed by atoms with Gasteiger partial charge in [-0.2, -0.15) is 0 Å². The second-order valence-electron chi connectivity index (χ2n) is 5.16. The summed E-state index contributed by atoms with van der Waals surface area (Å²) < 4.78 is 0. The first-order valence-electron chi connectivity index (χ1n) is 6.11. The Hall–Kier alpha value is -1.55.